The second kappa shape index (κ2) is 6.41. The Morgan fingerprint density at radius 1 is 1.41 bits per heavy atom. The lowest BCUT2D eigenvalue weighted by Crippen LogP contribution is -2.32. The summed E-state index contributed by atoms with van der Waals surface area (Å²) in [6.07, 6.45) is 0.775. The third-order valence-electron chi connectivity index (χ3n) is 3.73. The Morgan fingerprint density at radius 2 is 2.05 bits per heavy atom. The van der Waals surface area contributed by atoms with Gasteiger partial charge in [0.2, 0.25) is 0 Å². The number of carbonyl (C=O) groups excluding carboxylic acids is 1. The van der Waals surface area contributed by atoms with Crippen LogP contribution in [0.25, 0.3) is 0 Å². The van der Waals surface area contributed by atoms with Crippen LogP contribution in [0.4, 0.5) is 5.69 Å². The van der Waals surface area contributed by atoms with Gasteiger partial charge in [0, 0.05) is 12.0 Å². The Kier molecular flexibility index (Phi) is 4.77. The minimum Gasteiger partial charge on any atom is -0.465 e. The maximum atomic E-state index is 11.8. The maximum Gasteiger partial charge on any atom is 0.344 e. The standard InChI is InChI=1S/C15H19NO6/c1-4-15(21-5-6-22-15)9-11-7-10(2)8-12(14(17)20-3)13(11)16(18)19/h7-8H,4-6,9H2,1-3H3. The quantitative estimate of drug-likeness (QED) is 0.471. The molecule has 1 aliphatic heterocycles. The van der Waals surface area contributed by atoms with E-state index in [1.54, 1.807) is 13.0 Å². The monoisotopic (exact) mass is 309 g/mol. The van der Waals surface area contributed by atoms with Gasteiger partial charge in [-0.3, -0.25) is 10.1 Å². The van der Waals surface area contributed by atoms with E-state index in [-0.39, 0.29) is 17.7 Å². The first-order valence-corrected chi connectivity index (χ1v) is 7.06. The van der Waals surface area contributed by atoms with E-state index in [1.807, 2.05) is 6.92 Å². The van der Waals surface area contributed by atoms with Gasteiger partial charge in [-0.15, -0.1) is 0 Å². The number of hydrogen-bond donors (Lipinski definition) is 0. The second-order valence-corrected chi connectivity index (χ2v) is 5.21. The van der Waals surface area contributed by atoms with Crippen molar-refractivity contribution in [3.63, 3.8) is 0 Å². The summed E-state index contributed by atoms with van der Waals surface area (Å²) in [4.78, 5) is 22.7. The highest BCUT2D eigenvalue weighted by atomic mass is 16.7. The Bertz CT molecular complexity index is 592. The van der Waals surface area contributed by atoms with Crippen LogP contribution in [0.15, 0.2) is 12.1 Å². The van der Waals surface area contributed by atoms with Crippen LogP contribution < -0.4 is 0 Å². The summed E-state index contributed by atoms with van der Waals surface area (Å²) >= 11 is 0. The normalized spacial score (nSPS) is 16.5. The number of benzene rings is 1. The van der Waals surface area contributed by atoms with Crippen molar-refractivity contribution in [1.29, 1.82) is 0 Å². The van der Waals surface area contributed by atoms with Gasteiger partial charge in [0.1, 0.15) is 5.56 Å². The molecule has 2 rings (SSSR count). The molecule has 0 aliphatic carbocycles. The number of nitrogens with zero attached hydrogens (tertiary/aromatic N) is 1. The summed E-state index contributed by atoms with van der Waals surface area (Å²) < 4.78 is 15.9. The lowest BCUT2D eigenvalue weighted by molar-refractivity contribution is -0.386. The third-order valence-corrected chi connectivity index (χ3v) is 3.73. The average Bonchev–Trinajstić information content (AvgIpc) is 2.94. The Labute approximate surface area is 128 Å². The minimum atomic E-state index is -0.869. The first-order valence-electron chi connectivity index (χ1n) is 7.06. The number of rotatable bonds is 5. The molecule has 0 spiro atoms. The molecule has 7 heteroatoms. The zero-order valence-electron chi connectivity index (χ0n) is 12.9. The van der Waals surface area contributed by atoms with Crippen molar-refractivity contribution >= 4 is 11.7 Å². The fourth-order valence-electron chi connectivity index (χ4n) is 2.69. The van der Waals surface area contributed by atoms with E-state index >= 15 is 0 Å². The van der Waals surface area contributed by atoms with E-state index in [0.29, 0.717) is 25.2 Å². The van der Waals surface area contributed by atoms with E-state index in [4.69, 9.17) is 9.47 Å². The highest BCUT2D eigenvalue weighted by Gasteiger charge is 2.38. The van der Waals surface area contributed by atoms with Crippen molar-refractivity contribution in [3.8, 4) is 0 Å². The van der Waals surface area contributed by atoms with Gasteiger partial charge in [0.05, 0.1) is 25.2 Å². The molecular formula is C15H19NO6. The van der Waals surface area contributed by atoms with E-state index in [9.17, 15) is 14.9 Å². The van der Waals surface area contributed by atoms with Crippen molar-refractivity contribution in [2.75, 3.05) is 20.3 Å². The van der Waals surface area contributed by atoms with Crippen LogP contribution in [-0.2, 0) is 20.6 Å². The van der Waals surface area contributed by atoms with Crippen molar-refractivity contribution in [1.82, 2.24) is 0 Å². The Balaban J connectivity index is 2.52. The van der Waals surface area contributed by atoms with Crippen LogP contribution in [0.3, 0.4) is 0 Å². The summed E-state index contributed by atoms with van der Waals surface area (Å²) in [7, 11) is 1.20. The molecule has 7 nitrogen and oxygen atoms in total. The Hall–Kier alpha value is -1.99. The topological polar surface area (TPSA) is 87.9 Å². The van der Waals surface area contributed by atoms with Crippen molar-refractivity contribution in [3.05, 3.63) is 38.9 Å². The first-order chi connectivity index (χ1) is 10.4. The van der Waals surface area contributed by atoms with Crippen molar-refractivity contribution in [2.24, 2.45) is 0 Å². The van der Waals surface area contributed by atoms with Gasteiger partial charge < -0.3 is 14.2 Å². The smallest absolute Gasteiger partial charge is 0.344 e. The number of esters is 1. The molecule has 0 amide bonds. The van der Waals surface area contributed by atoms with Gasteiger partial charge in [-0.2, -0.15) is 0 Å². The fourth-order valence-corrected chi connectivity index (χ4v) is 2.69. The molecule has 1 aromatic rings. The maximum absolute atomic E-state index is 11.8. The van der Waals surface area contributed by atoms with Crippen molar-refractivity contribution in [2.45, 2.75) is 32.5 Å². The second-order valence-electron chi connectivity index (χ2n) is 5.21. The van der Waals surface area contributed by atoms with E-state index in [2.05, 4.69) is 4.74 Å². The van der Waals surface area contributed by atoms with Gasteiger partial charge in [-0.25, -0.2) is 4.79 Å². The summed E-state index contributed by atoms with van der Waals surface area (Å²) in [5, 5.41) is 11.5. The molecule has 0 radical (unpaired) electrons. The number of hydrogen-bond acceptors (Lipinski definition) is 6. The highest BCUT2D eigenvalue weighted by Crippen LogP contribution is 2.34. The molecule has 1 saturated heterocycles. The van der Waals surface area contributed by atoms with Gasteiger partial charge in [0.15, 0.2) is 5.79 Å². The largest absolute Gasteiger partial charge is 0.465 e. The molecule has 1 heterocycles. The summed E-state index contributed by atoms with van der Waals surface area (Å²) in [5.41, 5.74) is 0.857. The number of ether oxygens (including phenoxy) is 3. The predicted octanol–water partition coefficient (Wildman–Crippen LogP) is 2.39. The highest BCUT2D eigenvalue weighted by molar-refractivity contribution is 5.94. The fraction of sp³-hybridized carbons (Fsp3) is 0.533. The summed E-state index contributed by atoms with van der Waals surface area (Å²) in [6.45, 7) is 4.58. The van der Waals surface area contributed by atoms with Crippen LogP contribution in [0.2, 0.25) is 0 Å². The molecule has 1 aliphatic rings. The summed E-state index contributed by atoms with van der Waals surface area (Å²) in [5.74, 6) is -1.60. The molecule has 0 N–H and O–H groups in total. The average molecular weight is 309 g/mol. The summed E-state index contributed by atoms with van der Waals surface area (Å²) in [6, 6.07) is 3.15. The Morgan fingerprint density at radius 3 is 2.55 bits per heavy atom. The lowest BCUT2D eigenvalue weighted by atomic mass is 9.96. The number of methoxy groups -OCH3 is 1. The third kappa shape index (κ3) is 3.10. The SMILES string of the molecule is CCC1(Cc2cc(C)cc(C(=O)OC)c2[N+](=O)[O-])OCCO1. The molecule has 0 aromatic heterocycles. The van der Waals surface area contributed by atoms with E-state index in [0.717, 1.165) is 5.56 Å². The molecule has 0 bridgehead atoms. The zero-order chi connectivity index (χ0) is 16.3. The molecule has 1 aromatic carbocycles. The van der Waals surface area contributed by atoms with Gasteiger partial charge in [0.25, 0.3) is 5.69 Å². The lowest BCUT2D eigenvalue weighted by Gasteiger charge is -2.26. The minimum absolute atomic E-state index is 0.0493. The molecular weight excluding hydrogens is 290 g/mol. The van der Waals surface area contributed by atoms with Gasteiger partial charge >= 0.3 is 5.97 Å². The van der Waals surface area contributed by atoms with Crippen LogP contribution in [-0.4, -0.2) is 37.0 Å². The van der Waals surface area contributed by atoms with Gasteiger partial charge in [-0.1, -0.05) is 6.92 Å². The molecule has 0 saturated carbocycles. The molecule has 0 unspecified atom stereocenters. The van der Waals surface area contributed by atoms with Crippen LogP contribution in [0, 0.1) is 17.0 Å². The van der Waals surface area contributed by atoms with Gasteiger partial charge in [-0.05, 0) is 31.0 Å². The van der Waals surface area contributed by atoms with Crippen LogP contribution in [0.1, 0.15) is 34.8 Å². The van der Waals surface area contributed by atoms with Crippen molar-refractivity contribution < 1.29 is 23.9 Å². The number of carbonyl (C=O) groups is 1. The van der Waals surface area contributed by atoms with Crippen LogP contribution in [0.5, 0.6) is 0 Å². The predicted molar refractivity (Wildman–Crippen MR) is 77.8 cm³/mol. The molecule has 1 fully saturated rings. The number of nitro benzene ring substituents is 1. The molecule has 120 valence electrons. The van der Waals surface area contributed by atoms with E-state index < -0.39 is 16.7 Å². The zero-order valence-corrected chi connectivity index (χ0v) is 12.9. The molecule has 0 atom stereocenters. The van der Waals surface area contributed by atoms with E-state index in [1.165, 1.54) is 13.2 Å². The first kappa shape index (κ1) is 16.4. The number of nitro groups is 1. The number of aryl methyl sites for hydroxylation is 1. The van der Waals surface area contributed by atoms with Crippen LogP contribution >= 0.6 is 0 Å². The molecule has 22 heavy (non-hydrogen) atoms.